The van der Waals surface area contributed by atoms with Crippen molar-refractivity contribution in [2.24, 2.45) is 5.92 Å². The van der Waals surface area contributed by atoms with Crippen LogP contribution < -0.4 is 5.32 Å². The van der Waals surface area contributed by atoms with E-state index in [1.807, 2.05) is 10.7 Å². The number of aromatic nitrogens is 2. The smallest absolute Gasteiger partial charge is 0.322 e. The van der Waals surface area contributed by atoms with Crippen LogP contribution in [0.15, 0.2) is 24.4 Å². The first-order valence-corrected chi connectivity index (χ1v) is 8.40. The number of aromatic hydroxyl groups is 1. The highest BCUT2D eigenvalue weighted by molar-refractivity contribution is 5.90. The first-order valence-electron chi connectivity index (χ1n) is 8.40. The molecule has 0 fully saturated rings. The Kier molecular flexibility index (Phi) is 4.46. The van der Waals surface area contributed by atoms with Crippen molar-refractivity contribution >= 4 is 11.7 Å². The summed E-state index contributed by atoms with van der Waals surface area (Å²) < 4.78 is 1.96. The number of hydrogen-bond acceptors (Lipinski definition) is 3. The summed E-state index contributed by atoms with van der Waals surface area (Å²) in [6.07, 6.45) is 2.53. The molecule has 3 rings (SSSR count). The molecule has 0 atom stereocenters. The van der Waals surface area contributed by atoms with Crippen LogP contribution in [0, 0.1) is 5.92 Å². The number of amides is 2. The SMILES string of the molecule is CCc1c(NC(=O)N2Cc3cccc(O)c3C2)cnn1CC(C)C. The molecule has 2 aromatic rings. The number of phenols is 1. The maximum absolute atomic E-state index is 12.6. The van der Waals surface area contributed by atoms with Crippen molar-refractivity contribution < 1.29 is 9.90 Å². The maximum atomic E-state index is 12.6. The average molecular weight is 328 g/mol. The molecule has 0 spiro atoms. The first kappa shape index (κ1) is 16.4. The molecule has 0 aliphatic carbocycles. The van der Waals surface area contributed by atoms with Crippen LogP contribution in [0.3, 0.4) is 0 Å². The summed E-state index contributed by atoms with van der Waals surface area (Å²) in [5, 5.41) is 17.3. The number of nitrogens with zero attached hydrogens (tertiary/aromatic N) is 3. The predicted molar refractivity (Wildman–Crippen MR) is 92.8 cm³/mol. The fraction of sp³-hybridized carbons (Fsp3) is 0.444. The van der Waals surface area contributed by atoms with Crippen molar-refractivity contribution in [3.8, 4) is 5.75 Å². The van der Waals surface area contributed by atoms with Gasteiger partial charge in [0.05, 0.1) is 24.1 Å². The molecule has 0 saturated heterocycles. The predicted octanol–water partition coefficient (Wildman–Crippen LogP) is 3.35. The number of carbonyl (C=O) groups excluding carboxylic acids is 1. The third-order valence-electron chi connectivity index (χ3n) is 4.31. The Morgan fingerprint density at radius 3 is 2.83 bits per heavy atom. The van der Waals surface area contributed by atoms with E-state index in [1.54, 1.807) is 23.2 Å². The summed E-state index contributed by atoms with van der Waals surface area (Å²) in [5.41, 5.74) is 3.63. The number of urea groups is 1. The monoisotopic (exact) mass is 328 g/mol. The van der Waals surface area contributed by atoms with E-state index in [-0.39, 0.29) is 11.8 Å². The molecular weight excluding hydrogens is 304 g/mol. The fourth-order valence-electron chi connectivity index (χ4n) is 3.13. The van der Waals surface area contributed by atoms with E-state index in [9.17, 15) is 9.90 Å². The van der Waals surface area contributed by atoms with Gasteiger partial charge < -0.3 is 15.3 Å². The van der Waals surface area contributed by atoms with E-state index in [1.165, 1.54) is 0 Å². The zero-order chi connectivity index (χ0) is 17.3. The number of fused-ring (bicyclic) bond motifs is 1. The van der Waals surface area contributed by atoms with Gasteiger partial charge in [-0.15, -0.1) is 0 Å². The lowest BCUT2D eigenvalue weighted by atomic mass is 10.1. The average Bonchev–Trinajstić information content (AvgIpc) is 3.12. The summed E-state index contributed by atoms with van der Waals surface area (Å²) in [6, 6.07) is 5.25. The van der Waals surface area contributed by atoms with Crippen molar-refractivity contribution in [3.63, 3.8) is 0 Å². The topological polar surface area (TPSA) is 70.4 Å². The number of hydrogen-bond donors (Lipinski definition) is 2. The van der Waals surface area contributed by atoms with E-state index >= 15 is 0 Å². The van der Waals surface area contributed by atoms with Gasteiger partial charge in [0, 0.05) is 18.7 Å². The molecule has 1 aromatic carbocycles. The molecule has 2 N–H and O–H groups in total. The third-order valence-corrected chi connectivity index (χ3v) is 4.31. The number of nitrogens with one attached hydrogen (secondary N) is 1. The number of anilines is 1. The van der Waals surface area contributed by atoms with Crippen molar-refractivity contribution in [2.75, 3.05) is 5.32 Å². The normalized spacial score (nSPS) is 13.4. The lowest BCUT2D eigenvalue weighted by Crippen LogP contribution is -2.30. The van der Waals surface area contributed by atoms with Gasteiger partial charge in [-0.05, 0) is 24.0 Å². The van der Waals surface area contributed by atoms with E-state index in [0.29, 0.717) is 19.0 Å². The van der Waals surface area contributed by atoms with Crippen LogP contribution in [0.5, 0.6) is 5.75 Å². The number of phenolic OH excluding ortho intramolecular Hbond substituents is 1. The number of rotatable bonds is 4. The summed E-state index contributed by atoms with van der Waals surface area (Å²) in [7, 11) is 0. The van der Waals surface area contributed by atoms with Crippen LogP contribution in [-0.4, -0.2) is 25.8 Å². The van der Waals surface area contributed by atoms with Gasteiger partial charge in [0.1, 0.15) is 5.75 Å². The fourth-order valence-corrected chi connectivity index (χ4v) is 3.13. The Labute approximate surface area is 142 Å². The van der Waals surface area contributed by atoms with Crippen LogP contribution in [0.4, 0.5) is 10.5 Å². The Morgan fingerprint density at radius 2 is 2.17 bits per heavy atom. The second-order valence-corrected chi connectivity index (χ2v) is 6.64. The third kappa shape index (κ3) is 3.09. The minimum atomic E-state index is -0.163. The Hall–Kier alpha value is -2.50. The maximum Gasteiger partial charge on any atom is 0.322 e. The van der Waals surface area contributed by atoms with Crippen LogP contribution in [-0.2, 0) is 26.1 Å². The van der Waals surface area contributed by atoms with Crippen LogP contribution in [0.25, 0.3) is 0 Å². The van der Waals surface area contributed by atoms with E-state index in [0.717, 1.165) is 35.5 Å². The lowest BCUT2D eigenvalue weighted by Gasteiger charge is -2.17. The van der Waals surface area contributed by atoms with Crippen molar-refractivity contribution in [1.82, 2.24) is 14.7 Å². The zero-order valence-electron chi connectivity index (χ0n) is 14.4. The quantitative estimate of drug-likeness (QED) is 0.904. The van der Waals surface area contributed by atoms with Gasteiger partial charge in [-0.25, -0.2) is 4.79 Å². The molecule has 128 valence electrons. The second kappa shape index (κ2) is 6.55. The molecule has 0 saturated carbocycles. The van der Waals surface area contributed by atoms with E-state index in [2.05, 4.69) is 31.2 Å². The molecule has 0 bridgehead atoms. The van der Waals surface area contributed by atoms with Crippen molar-refractivity contribution in [2.45, 2.75) is 46.8 Å². The van der Waals surface area contributed by atoms with E-state index < -0.39 is 0 Å². The molecule has 0 unspecified atom stereocenters. The molecule has 6 nitrogen and oxygen atoms in total. The molecule has 1 aromatic heterocycles. The highest BCUT2D eigenvalue weighted by Gasteiger charge is 2.26. The molecule has 2 amide bonds. The van der Waals surface area contributed by atoms with Crippen molar-refractivity contribution in [3.05, 3.63) is 41.2 Å². The van der Waals surface area contributed by atoms with Gasteiger partial charge in [-0.2, -0.15) is 5.10 Å². The second-order valence-electron chi connectivity index (χ2n) is 6.64. The highest BCUT2D eigenvalue weighted by Crippen LogP contribution is 2.30. The van der Waals surface area contributed by atoms with Crippen LogP contribution in [0.2, 0.25) is 0 Å². The largest absolute Gasteiger partial charge is 0.508 e. The van der Waals surface area contributed by atoms with Crippen molar-refractivity contribution in [1.29, 1.82) is 0 Å². The molecule has 24 heavy (non-hydrogen) atoms. The van der Waals surface area contributed by atoms with E-state index in [4.69, 9.17) is 0 Å². The molecule has 6 heteroatoms. The standard InChI is InChI=1S/C18H24N4O2/c1-4-16-15(8-19-22(16)9-12(2)3)20-18(24)21-10-13-6-5-7-17(23)14(13)11-21/h5-8,12,23H,4,9-11H2,1-3H3,(H,20,24). The molecule has 2 heterocycles. The minimum absolute atomic E-state index is 0.163. The molecule has 0 radical (unpaired) electrons. The molecular formula is C18H24N4O2. The van der Waals surface area contributed by atoms with Gasteiger partial charge >= 0.3 is 6.03 Å². The van der Waals surface area contributed by atoms with Gasteiger partial charge in [0.2, 0.25) is 0 Å². The number of benzene rings is 1. The molecule has 1 aliphatic heterocycles. The Balaban J connectivity index is 1.72. The van der Waals surface area contributed by atoms with Crippen LogP contribution in [0.1, 0.15) is 37.6 Å². The van der Waals surface area contributed by atoms with Gasteiger partial charge in [-0.1, -0.05) is 32.9 Å². The summed E-state index contributed by atoms with van der Waals surface area (Å²) in [4.78, 5) is 14.3. The Bertz CT molecular complexity index is 751. The Morgan fingerprint density at radius 1 is 1.38 bits per heavy atom. The van der Waals surface area contributed by atoms with Gasteiger partial charge in [0.25, 0.3) is 0 Å². The minimum Gasteiger partial charge on any atom is -0.508 e. The number of carbonyl (C=O) groups is 1. The summed E-state index contributed by atoms with van der Waals surface area (Å²) in [5.74, 6) is 0.747. The highest BCUT2D eigenvalue weighted by atomic mass is 16.3. The molecule has 1 aliphatic rings. The lowest BCUT2D eigenvalue weighted by molar-refractivity contribution is 0.212. The van der Waals surface area contributed by atoms with Gasteiger partial charge in [0.15, 0.2) is 0 Å². The summed E-state index contributed by atoms with van der Waals surface area (Å²) in [6.45, 7) is 8.13. The zero-order valence-corrected chi connectivity index (χ0v) is 14.4. The van der Waals surface area contributed by atoms with Crippen LogP contribution >= 0.6 is 0 Å². The summed E-state index contributed by atoms with van der Waals surface area (Å²) >= 11 is 0. The van der Waals surface area contributed by atoms with Gasteiger partial charge in [-0.3, -0.25) is 4.68 Å². The first-order chi connectivity index (χ1) is 11.5.